The zero-order chi connectivity index (χ0) is 13.1. The average molecular weight is 271 g/mol. The lowest BCUT2D eigenvalue weighted by atomic mass is 10.0. The standard InChI is InChI=1S/C9H12F3NO3S/c10-9(11,12)17-5-7(14)13-4-2-1-3-6(13)8(15)16/h6H,1-5H2,(H,15,16)/t6-/m1/s1. The number of rotatable bonds is 3. The molecule has 0 aromatic heterocycles. The number of carboxylic acid groups (broad SMARTS) is 1. The number of carbonyl (C=O) groups is 2. The van der Waals surface area contributed by atoms with E-state index in [4.69, 9.17) is 5.11 Å². The first-order valence-electron chi connectivity index (χ1n) is 5.04. The fraction of sp³-hybridized carbons (Fsp3) is 0.778. The van der Waals surface area contributed by atoms with Crippen LogP contribution in [0.4, 0.5) is 13.2 Å². The van der Waals surface area contributed by atoms with Gasteiger partial charge in [-0.2, -0.15) is 13.2 Å². The number of alkyl halides is 3. The second-order valence-corrected chi connectivity index (χ2v) is 4.71. The van der Waals surface area contributed by atoms with Crippen molar-refractivity contribution < 1.29 is 27.9 Å². The van der Waals surface area contributed by atoms with E-state index in [9.17, 15) is 22.8 Å². The highest BCUT2D eigenvalue weighted by Gasteiger charge is 2.35. The van der Waals surface area contributed by atoms with E-state index < -0.39 is 40.9 Å². The predicted molar refractivity (Wildman–Crippen MR) is 55.5 cm³/mol. The minimum absolute atomic E-state index is 0.216. The van der Waals surface area contributed by atoms with Crippen LogP contribution >= 0.6 is 11.8 Å². The SMILES string of the molecule is O=C(O)[C@H]1CCCCN1C(=O)CSC(F)(F)F. The van der Waals surface area contributed by atoms with Gasteiger partial charge in [-0.25, -0.2) is 4.79 Å². The highest BCUT2D eigenvalue weighted by Crippen LogP contribution is 2.30. The van der Waals surface area contributed by atoms with Gasteiger partial charge in [-0.15, -0.1) is 0 Å². The monoisotopic (exact) mass is 271 g/mol. The Kier molecular flexibility index (Phi) is 4.67. The van der Waals surface area contributed by atoms with E-state index in [-0.39, 0.29) is 6.54 Å². The van der Waals surface area contributed by atoms with Gasteiger partial charge in [0.1, 0.15) is 6.04 Å². The molecule has 0 aromatic carbocycles. The van der Waals surface area contributed by atoms with Gasteiger partial charge < -0.3 is 10.0 Å². The Balaban J connectivity index is 2.56. The minimum Gasteiger partial charge on any atom is -0.480 e. The van der Waals surface area contributed by atoms with E-state index >= 15 is 0 Å². The number of hydrogen-bond donors (Lipinski definition) is 1. The third-order valence-corrected chi connectivity index (χ3v) is 3.19. The normalized spacial score (nSPS) is 21.4. The Hall–Kier alpha value is -0.920. The molecule has 1 N–H and O–H groups in total. The molecule has 1 aliphatic heterocycles. The topological polar surface area (TPSA) is 57.6 Å². The van der Waals surface area contributed by atoms with E-state index in [1.165, 1.54) is 0 Å². The molecule has 1 fully saturated rings. The van der Waals surface area contributed by atoms with Crippen LogP contribution in [0.5, 0.6) is 0 Å². The van der Waals surface area contributed by atoms with E-state index in [2.05, 4.69) is 0 Å². The van der Waals surface area contributed by atoms with Crippen molar-refractivity contribution in [1.29, 1.82) is 0 Å². The molecule has 1 atom stereocenters. The van der Waals surface area contributed by atoms with E-state index in [1.807, 2.05) is 0 Å². The number of likely N-dealkylation sites (tertiary alicyclic amines) is 1. The molecular weight excluding hydrogens is 259 g/mol. The van der Waals surface area contributed by atoms with Gasteiger partial charge in [-0.3, -0.25) is 4.79 Å². The number of carbonyl (C=O) groups excluding carboxylic acids is 1. The van der Waals surface area contributed by atoms with Crippen LogP contribution in [0, 0.1) is 0 Å². The lowest BCUT2D eigenvalue weighted by molar-refractivity contribution is -0.151. The molecule has 98 valence electrons. The molecule has 1 heterocycles. The van der Waals surface area contributed by atoms with Crippen molar-refractivity contribution in [1.82, 2.24) is 4.90 Å². The summed E-state index contributed by atoms with van der Waals surface area (Å²) in [4.78, 5) is 23.4. The molecule has 1 rings (SSSR count). The molecule has 1 amide bonds. The first-order chi connectivity index (χ1) is 7.81. The number of halogens is 3. The predicted octanol–water partition coefficient (Wildman–Crippen LogP) is 1.71. The van der Waals surface area contributed by atoms with E-state index in [0.717, 1.165) is 4.90 Å². The number of thioether (sulfide) groups is 1. The van der Waals surface area contributed by atoms with Crippen LogP contribution in [0.2, 0.25) is 0 Å². The zero-order valence-electron chi connectivity index (χ0n) is 8.87. The number of nitrogens with zero attached hydrogens (tertiary/aromatic N) is 1. The van der Waals surface area contributed by atoms with Crippen molar-refractivity contribution in [3.8, 4) is 0 Å². The van der Waals surface area contributed by atoms with Crippen molar-refractivity contribution in [3.05, 3.63) is 0 Å². The highest BCUT2D eigenvalue weighted by atomic mass is 32.2. The molecule has 1 saturated heterocycles. The summed E-state index contributed by atoms with van der Waals surface area (Å²) in [5.74, 6) is -2.68. The van der Waals surface area contributed by atoms with Crippen LogP contribution in [0.15, 0.2) is 0 Å². The number of carboxylic acids is 1. The quantitative estimate of drug-likeness (QED) is 0.849. The number of hydrogen-bond acceptors (Lipinski definition) is 3. The van der Waals surface area contributed by atoms with Gasteiger partial charge in [-0.05, 0) is 31.0 Å². The maximum Gasteiger partial charge on any atom is 0.442 e. The molecule has 0 aromatic rings. The molecule has 0 radical (unpaired) electrons. The maximum absolute atomic E-state index is 11.9. The Labute approximate surface area is 100 Å². The van der Waals surface area contributed by atoms with Gasteiger partial charge in [0, 0.05) is 6.54 Å². The molecule has 8 heteroatoms. The van der Waals surface area contributed by atoms with Crippen LogP contribution in [0.25, 0.3) is 0 Å². The second kappa shape index (κ2) is 5.61. The zero-order valence-corrected chi connectivity index (χ0v) is 9.68. The summed E-state index contributed by atoms with van der Waals surface area (Å²) in [6.45, 7) is 0.216. The van der Waals surface area contributed by atoms with Gasteiger partial charge in [0.2, 0.25) is 5.91 Å². The smallest absolute Gasteiger partial charge is 0.442 e. The molecule has 0 aliphatic carbocycles. The maximum atomic E-state index is 11.9. The summed E-state index contributed by atoms with van der Waals surface area (Å²) in [5, 5.41) is 8.86. The van der Waals surface area contributed by atoms with Crippen molar-refractivity contribution in [3.63, 3.8) is 0 Å². The van der Waals surface area contributed by atoms with Crippen LogP contribution < -0.4 is 0 Å². The van der Waals surface area contributed by atoms with Crippen LogP contribution in [0.3, 0.4) is 0 Å². The fourth-order valence-corrected chi connectivity index (χ4v) is 2.17. The van der Waals surface area contributed by atoms with Crippen LogP contribution in [-0.4, -0.2) is 45.7 Å². The molecule has 0 unspecified atom stereocenters. The van der Waals surface area contributed by atoms with Crippen molar-refractivity contribution in [2.24, 2.45) is 0 Å². The Morgan fingerprint density at radius 2 is 2.00 bits per heavy atom. The summed E-state index contributed by atoms with van der Waals surface area (Å²) in [6.07, 6.45) is 1.61. The van der Waals surface area contributed by atoms with Gasteiger partial charge in [0.05, 0.1) is 5.75 Å². The van der Waals surface area contributed by atoms with Crippen molar-refractivity contribution in [2.75, 3.05) is 12.3 Å². The lowest BCUT2D eigenvalue weighted by Gasteiger charge is -2.32. The molecule has 0 bridgehead atoms. The third kappa shape index (κ3) is 4.45. The van der Waals surface area contributed by atoms with Gasteiger partial charge >= 0.3 is 11.5 Å². The summed E-state index contributed by atoms with van der Waals surface area (Å²) < 4.78 is 35.7. The molecule has 17 heavy (non-hydrogen) atoms. The fourth-order valence-electron chi connectivity index (χ4n) is 1.71. The Morgan fingerprint density at radius 1 is 1.35 bits per heavy atom. The number of amides is 1. The minimum atomic E-state index is -4.47. The number of piperidine rings is 1. The van der Waals surface area contributed by atoms with E-state index in [1.54, 1.807) is 0 Å². The molecule has 4 nitrogen and oxygen atoms in total. The summed E-state index contributed by atoms with van der Waals surface area (Å²) in [5.41, 5.74) is -4.47. The summed E-state index contributed by atoms with van der Waals surface area (Å²) in [7, 11) is 0. The van der Waals surface area contributed by atoms with Gasteiger partial charge in [0.15, 0.2) is 0 Å². The number of aliphatic carboxylic acids is 1. The Bertz CT molecular complexity index is 308. The highest BCUT2D eigenvalue weighted by molar-refractivity contribution is 8.00. The first kappa shape index (κ1) is 14.1. The molecule has 1 aliphatic rings. The average Bonchev–Trinajstić information content (AvgIpc) is 2.25. The Morgan fingerprint density at radius 3 is 2.53 bits per heavy atom. The van der Waals surface area contributed by atoms with Crippen molar-refractivity contribution >= 4 is 23.6 Å². The van der Waals surface area contributed by atoms with E-state index in [0.29, 0.717) is 19.3 Å². The van der Waals surface area contributed by atoms with Gasteiger partial charge in [-0.1, -0.05) is 0 Å². The van der Waals surface area contributed by atoms with Crippen molar-refractivity contribution in [2.45, 2.75) is 30.8 Å². The van der Waals surface area contributed by atoms with Crippen LogP contribution in [-0.2, 0) is 9.59 Å². The van der Waals surface area contributed by atoms with Gasteiger partial charge in [0.25, 0.3) is 0 Å². The third-order valence-electron chi connectivity index (χ3n) is 2.47. The first-order valence-corrected chi connectivity index (χ1v) is 6.03. The summed E-state index contributed by atoms with van der Waals surface area (Å²) in [6, 6.07) is -0.981. The molecular formula is C9H12F3NO3S. The second-order valence-electron chi connectivity index (χ2n) is 3.67. The lowest BCUT2D eigenvalue weighted by Crippen LogP contribution is -2.48. The van der Waals surface area contributed by atoms with Crippen LogP contribution in [0.1, 0.15) is 19.3 Å². The largest absolute Gasteiger partial charge is 0.480 e. The molecule has 0 saturated carbocycles. The molecule has 0 spiro atoms. The summed E-state index contributed by atoms with van der Waals surface area (Å²) >= 11 is -0.435.